The summed E-state index contributed by atoms with van der Waals surface area (Å²) in [7, 11) is -0.270. The van der Waals surface area contributed by atoms with Crippen LogP contribution in [0.5, 0.6) is 0 Å². The highest BCUT2D eigenvalue weighted by Crippen LogP contribution is 2.27. The minimum atomic E-state index is -3.65. The summed E-state index contributed by atoms with van der Waals surface area (Å²) >= 11 is 1.41. The van der Waals surface area contributed by atoms with Crippen molar-refractivity contribution < 1.29 is 13.2 Å². The summed E-state index contributed by atoms with van der Waals surface area (Å²) < 4.78 is 26.6. The Hall–Kier alpha value is -1.97. The maximum Gasteiger partial charge on any atom is 0.259 e. The van der Waals surface area contributed by atoms with E-state index in [9.17, 15) is 13.2 Å². The van der Waals surface area contributed by atoms with Crippen molar-refractivity contribution in [2.75, 3.05) is 37.4 Å². The molecule has 0 aliphatic rings. The molecule has 1 aromatic carbocycles. The fraction of sp³-hybridized carbons (Fsp3) is 0.444. The molecular formula is C18H26N4O3S2. The van der Waals surface area contributed by atoms with E-state index in [1.165, 1.54) is 28.8 Å². The number of carbonyl (C=O) groups is 1. The van der Waals surface area contributed by atoms with Gasteiger partial charge in [0.2, 0.25) is 10.0 Å². The molecule has 1 N–H and O–H groups in total. The fourth-order valence-corrected chi connectivity index (χ4v) is 4.36. The molecule has 1 aromatic heterocycles. The van der Waals surface area contributed by atoms with Gasteiger partial charge in [-0.3, -0.25) is 10.1 Å². The number of amides is 1. The van der Waals surface area contributed by atoms with Gasteiger partial charge in [0.1, 0.15) is 0 Å². The van der Waals surface area contributed by atoms with Crippen molar-refractivity contribution in [1.82, 2.24) is 9.29 Å². The van der Waals surface area contributed by atoms with Crippen molar-refractivity contribution in [3.63, 3.8) is 0 Å². The molecule has 0 unspecified atom stereocenters. The van der Waals surface area contributed by atoms with Gasteiger partial charge in [-0.15, -0.1) is 11.3 Å². The normalized spacial score (nSPS) is 11.6. The molecule has 0 radical (unpaired) electrons. The van der Waals surface area contributed by atoms with E-state index in [-0.39, 0.29) is 10.8 Å². The van der Waals surface area contributed by atoms with Gasteiger partial charge in [0.05, 0.1) is 10.5 Å². The van der Waals surface area contributed by atoms with Crippen LogP contribution in [-0.2, 0) is 16.4 Å². The quantitative estimate of drug-likeness (QED) is 0.723. The van der Waals surface area contributed by atoms with Crippen LogP contribution in [0.1, 0.15) is 36.0 Å². The summed E-state index contributed by atoms with van der Waals surface area (Å²) in [6.45, 7) is 6.77. The summed E-state index contributed by atoms with van der Waals surface area (Å²) in [5.41, 5.74) is 0.971. The Morgan fingerprint density at radius 2 is 1.89 bits per heavy atom. The average Bonchev–Trinajstić information content (AvgIpc) is 3.13. The van der Waals surface area contributed by atoms with Crippen molar-refractivity contribution in [2.24, 2.45) is 0 Å². The number of hydrogen-bond acceptors (Lipinski definition) is 6. The average molecular weight is 411 g/mol. The van der Waals surface area contributed by atoms with Crippen molar-refractivity contribution in [1.29, 1.82) is 0 Å². The van der Waals surface area contributed by atoms with Gasteiger partial charge in [0.15, 0.2) is 5.13 Å². The van der Waals surface area contributed by atoms with Crippen molar-refractivity contribution in [2.45, 2.75) is 32.1 Å². The van der Waals surface area contributed by atoms with E-state index >= 15 is 0 Å². The van der Waals surface area contributed by atoms with Gasteiger partial charge < -0.3 is 4.90 Å². The van der Waals surface area contributed by atoms with E-state index in [0.29, 0.717) is 29.5 Å². The lowest BCUT2D eigenvalue weighted by molar-refractivity contribution is 0.102. The lowest BCUT2D eigenvalue weighted by Gasteiger charge is -2.22. The Kier molecular flexibility index (Phi) is 6.96. The number of nitrogens with zero attached hydrogens (tertiary/aromatic N) is 3. The number of aryl methyl sites for hydroxylation is 1. The number of carbonyl (C=O) groups excluding carboxylic acids is 1. The third kappa shape index (κ3) is 4.66. The second kappa shape index (κ2) is 8.81. The summed E-state index contributed by atoms with van der Waals surface area (Å²) in [6, 6.07) is 4.65. The second-order valence-electron chi connectivity index (χ2n) is 6.05. The highest BCUT2D eigenvalue weighted by molar-refractivity contribution is 7.89. The molecule has 148 valence electrons. The van der Waals surface area contributed by atoms with Crippen LogP contribution in [0.15, 0.2) is 29.3 Å². The molecule has 27 heavy (non-hydrogen) atoms. The zero-order valence-corrected chi connectivity index (χ0v) is 17.9. The monoisotopic (exact) mass is 410 g/mol. The number of anilines is 2. The first-order chi connectivity index (χ1) is 12.7. The topological polar surface area (TPSA) is 82.6 Å². The Morgan fingerprint density at radius 3 is 2.44 bits per heavy atom. The predicted octanol–water partition coefficient (Wildman–Crippen LogP) is 3.05. The third-order valence-corrected chi connectivity index (χ3v) is 7.36. The molecule has 0 bridgehead atoms. The van der Waals surface area contributed by atoms with Crippen LogP contribution in [-0.4, -0.2) is 50.8 Å². The van der Waals surface area contributed by atoms with Crippen LogP contribution in [0, 0.1) is 0 Å². The predicted molar refractivity (Wildman–Crippen MR) is 110 cm³/mol. The molecule has 7 nitrogen and oxygen atoms in total. The smallest absolute Gasteiger partial charge is 0.259 e. The molecule has 0 saturated heterocycles. The molecule has 0 fully saturated rings. The van der Waals surface area contributed by atoms with Gasteiger partial charge in [-0.1, -0.05) is 13.8 Å². The van der Waals surface area contributed by atoms with Gasteiger partial charge >= 0.3 is 0 Å². The van der Waals surface area contributed by atoms with Crippen LogP contribution < -0.4 is 10.2 Å². The Balaban J connectivity index is 2.46. The lowest BCUT2D eigenvalue weighted by Crippen LogP contribution is -2.27. The summed E-state index contributed by atoms with van der Waals surface area (Å²) in [5.74, 6) is -0.376. The molecular weight excluding hydrogens is 384 g/mol. The molecule has 0 aliphatic carbocycles. The molecule has 1 amide bonds. The first-order valence-electron chi connectivity index (χ1n) is 8.82. The van der Waals surface area contributed by atoms with Crippen LogP contribution in [0.4, 0.5) is 10.8 Å². The summed E-state index contributed by atoms with van der Waals surface area (Å²) in [5, 5.41) is 3.29. The van der Waals surface area contributed by atoms with Crippen molar-refractivity contribution >= 4 is 38.1 Å². The highest BCUT2D eigenvalue weighted by atomic mass is 32.2. The zero-order valence-electron chi connectivity index (χ0n) is 16.3. The number of nitrogens with one attached hydrogen (secondary N) is 1. The molecule has 0 saturated carbocycles. The van der Waals surface area contributed by atoms with E-state index in [1.54, 1.807) is 25.3 Å². The minimum absolute atomic E-state index is 0.0960. The number of thiazole rings is 1. The number of hydrogen-bond donors (Lipinski definition) is 1. The zero-order chi connectivity index (χ0) is 20.2. The van der Waals surface area contributed by atoms with Gasteiger partial charge in [0, 0.05) is 43.9 Å². The van der Waals surface area contributed by atoms with Gasteiger partial charge in [-0.05, 0) is 31.5 Å². The molecule has 2 rings (SSSR count). The van der Waals surface area contributed by atoms with Gasteiger partial charge in [-0.25, -0.2) is 17.7 Å². The largest absolute Gasteiger partial charge is 0.374 e. The number of aromatic nitrogens is 1. The first kappa shape index (κ1) is 21.3. The van der Waals surface area contributed by atoms with E-state index in [0.717, 1.165) is 11.3 Å². The maximum atomic E-state index is 12.9. The van der Waals surface area contributed by atoms with Crippen LogP contribution in [0.2, 0.25) is 0 Å². The highest BCUT2D eigenvalue weighted by Gasteiger charge is 2.23. The van der Waals surface area contributed by atoms with Crippen LogP contribution in [0.25, 0.3) is 0 Å². The summed E-state index contributed by atoms with van der Waals surface area (Å²) in [6.07, 6.45) is 2.57. The van der Waals surface area contributed by atoms with Crippen LogP contribution >= 0.6 is 11.3 Å². The lowest BCUT2D eigenvalue weighted by atomic mass is 10.1. The molecule has 0 spiro atoms. The van der Waals surface area contributed by atoms with E-state index in [1.807, 2.05) is 25.8 Å². The minimum Gasteiger partial charge on any atom is -0.374 e. The van der Waals surface area contributed by atoms with Crippen molar-refractivity contribution in [3.05, 3.63) is 34.8 Å². The molecule has 2 aromatic rings. The second-order valence-corrected chi connectivity index (χ2v) is 9.21. The number of benzene rings is 1. The van der Waals surface area contributed by atoms with E-state index < -0.39 is 10.0 Å². The molecule has 1 heterocycles. The van der Waals surface area contributed by atoms with Crippen molar-refractivity contribution in [3.8, 4) is 0 Å². The Labute approximate surface area is 165 Å². The summed E-state index contributed by atoms with van der Waals surface area (Å²) in [4.78, 5) is 20.2. The van der Waals surface area contributed by atoms with Gasteiger partial charge in [0.25, 0.3) is 5.91 Å². The molecule has 0 aliphatic heterocycles. The Bertz CT molecular complexity index is 909. The fourth-order valence-electron chi connectivity index (χ4n) is 2.40. The SMILES string of the molecule is CCc1cnc(NC(=O)c2cc(S(=O)(=O)N(C)CC)ccc2N(C)CC)s1. The molecule has 9 heteroatoms. The maximum absolute atomic E-state index is 12.9. The van der Waals surface area contributed by atoms with Crippen LogP contribution in [0.3, 0.4) is 0 Å². The van der Waals surface area contributed by atoms with E-state index in [2.05, 4.69) is 10.3 Å². The Morgan fingerprint density at radius 1 is 1.19 bits per heavy atom. The third-order valence-electron chi connectivity index (χ3n) is 4.37. The number of sulfonamides is 1. The molecule has 0 atom stereocenters. The standard InChI is InChI=1S/C18H26N4O3S2/c1-6-13-12-19-18(26-13)20-17(23)15-11-14(27(24,25)22(5)8-3)9-10-16(15)21(4)7-2/h9-12H,6-8H2,1-5H3,(H,19,20,23). The number of rotatable bonds is 8. The first-order valence-corrected chi connectivity index (χ1v) is 11.1. The van der Waals surface area contributed by atoms with E-state index in [4.69, 9.17) is 0 Å². The van der Waals surface area contributed by atoms with Gasteiger partial charge in [-0.2, -0.15) is 0 Å².